The highest BCUT2D eigenvalue weighted by molar-refractivity contribution is 7.89. The number of nitrogens with zero attached hydrogens (tertiary/aromatic N) is 2. The predicted molar refractivity (Wildman–Crippen MR) is 128 cm³/mol. The van der Waals surface area contributed by atoms with Crippen molar-refractivity contribution >= 4 is 15.9 Å². The van der Waals surface area contributed by atoms with Crippen LogP contribution in [-0.2, 0) is 20.2 Å². The van der Waals surface area contributed by atoms with E-state index in [0.717, 1.165) is 5.56 Å². The van der Waals surface area contributed by atoms with Gasteiger partial charge in [0.25, 0.3) is 5.91 Å². The molecule has 0 atom stereocenters. The molecule has 1 aliphatic heterocycles. The van der Waals surface area contributed by atoms with E-state index in [1.165, 1.54) is 4.31 Å². The fraction of sp³-hybridized carbons (Fsp3) is 0.480. The van der Waals surface area contributed by atoms with Crippen molar-refractivity contribution < 1.29 is 22.7 Å². The van der Waals surface area contributed by atoms with Crippen LogP contribution in [0.4, 0.5) is 0 Å². The van der Waals surface area contributed by atoms with Gasteiger partial charge in [0.05, 0.1) is 17.1 Å². The molecule has 1 aliphatic rings. The molecule has 0 spiro atoms. The van der Waals surface area contributed by atoms with Crippen LogP contribution < -0.4 is 4.74 Å². The third-order valence-corrected chi connectivity index (χ3v) is 7.60. The van der Waals surface area contributed by atoms with Gasteiger partial charge in [-0.15, -0.1) is 0 Å². The summed E-state index contributed by atoms with van der Waals surface area (Å²) in [4.78, 5) is 15.1. The average molecular weight is 475 g/mol. The molecule has 1 amide bonds. The number of rotatable bonds is 8. The van der Waals surface area contributed by atoms with Crippen molar-refractivity contribution in [1.29, 1.82) is 0 Å². The van der Waals surface area contributed by atoms with Crippen molar-refractivity contribution in [3.05, 3.63) is 59.7 Å². The number of para-hydroxylation sites is 1. The Hall–Kier alpha value is -2.42. The van der Waals surface area contributed by atoms with Crippen LogP contribution in [-0.4, -0.2) is 69.5 Å². The van der Waals surface area contributed by atoms with Gasteiger partial charge in [-0.1, -0.05) is 45.0 Å². The minimum Gasteiger partial charge on any atom is -0.490 e. The maximum atomic E-state index is 13.1. The van der Waals surface area contributed by atoms with Crippen LogP contribution in [0.5, 0.6) is 5.75 Å². The van der Waals surface area contributed by atoms with Crippen LogP contribution in [0.1, 0.15) is 43.6 Å². The molecule has 2 aromatic rings. The van der Waals surface area contributed by atoms with Gasteiger partial charge in [0.1, 0.15) is 12.4 Å². The minimum absolute atomic E-state index is 0.0443. The lowest BCUT2D eigenvalue weighted by molar-refractivity contribution is 0.0688. The molecular weight excluding hydrogens is 440 g/mol. The number of sulfonamides is 1. The quantitative estimate of drug-likeness (QED) is 0.547. The molecule has 2 aromatic carbocycles. The second kappa shape index (κ2) is 10.7. The Morgan fingerprint density at radius 3 is 2.18 bits per heavy atom. The van der Waals surface area contributed by atoms with Crippen LogP contribution in [0, 0.1) is 0 Å². The van der Waals surface area contributed by atoms with E-state index < -0.39 is 10.0 Å². The molecule has 0 bridgehead atoms. The highest BCUT2D eigenvalue weighted by Crippen LogP contribution is 2.26. The van der Waals surface area contributed by atoms with E-state index in [1.54, 1.807) is 35.2 Å². The van der Waals surface area contributed by atoms with Gasteiger partial charge < -0.3 is 14.4 Å². The Labute approximate surface area is 197 Å². The summed E-state index contributed by atoms with van der Waals surface area (Å²) >= 11 is 0. The van der Waals surface area contributed by atoms with E-state index >= 15 is 0 Å². The van der Waals surface area contributed by atoms with E-state index in [4.69, 9.17) is 9.47 Å². The lowest BCUT2D eigenvalue weighted by Crippen LogP contribution is -2.50. The maximum Gasteiger partial charge on any atom is 0.257 e. The Morgan fingerprint density at radius 1 is 0.939 bits per heavy atom. The van der Waals surface area contributed by atoms with E-state index in [2.05, 4.69) is 20.8 Å². The zero-order valence-electron chi connectivity index (χ0n) is 19.9. The van der Waals surface area contributed by atoms with Crippen LogP contribution in [0.3, 0.4) is 0 Å². The molecule has 0 radical (unpaired) electrons. The number of amides is 1. The molecule has 0 N–H and O–H groups in total. The van der Waals surface area contributed by atoms with Crippen LogP contribution >= 0.6 is 0 Å². The molecule has 1 fully saturated rings. The lowest BCUT2D eigenvalue weighted by Gasteiger charge is -2.34. The highest BCUT2D eigenvalue weighted by Gasteiger charge is 2.31. The first-order valence-corrected chi connectivity index (χ1v) is 12.8. The largest absolute Gasteiger partial charge is 0.490 e. The first-order chi connectivity index (χ1) is 15.6. The summed E-state index contributed by atoms with van der Waals surface area (Å²) in [6.07, 6.45) is 0. The van der Waals surface area contributed by atoms with Crippen molar-refractivity contribution in [2.75, 3.05) is 46.0 Å². The zero-order chi connectivity index (χ0) is 24.1. The van der Waals surface area contributed by atoms with Crippen molar-refractivity contribution in [3.8, 4) is 5.75 Å². The summed E-state index contributed by atoms with van der Waals surface area (Å²) in [5, 5.41) is 0. The first kappa shape index (κ1) is 25.2. The summed E-state index contributed by atoms with van der Waals surface area (Å²) in [6, 6.07) is 14.2. The van der Waals surface area contributed by atoms with E-state index in [0.29, 0.717) is 44.2 Å². The standard InChI is InChI=1S/C25H34N2O5S/c1-5-31-18-19-32-23-9-7-6-8-22(23)24(28)26-14-16-27(17-15-26)33(29,30)21-12-10-20(11-13-21)25(2,3)4/h6-13H,5,14-19H2,1-4H3. The normalized spacial score (nSPS) is 15.5. The predicted octanol–water partition coefficient (Wildman–Crippen LogP) is 3.55. The molecule has 1 heterocycles. The number of carbonyl (C=O) groups excluding carboxylic acids is 1. The maximum absolute atomic E-state index is 13.1. The van der Waals surface area contributed by atoms with Crippen molar-refractivity contribution in [2.45, 2.75) is 38.0 Å². The Morgan fingerprint density at radius 2 is 1.58 bits per heavy atom. The van der Waals surface area contributed by atoms with E-state index in [1.807, 2.05) is 25.1 Å². The molecule has 3 rings (SSSR count). The SMILES string of the molecule is CCOCCOc1ccccc1C(=O)N1CCN(S(=O)(=O)c2ccc(C(C)(C)C)cc2)CC1. The highest BCUT2D eigenvalue weighted by atomic mass is 32.2. The van der Waals surface area contributed by atoms with Gasteiger partial charge >= 0.3 is 0 Å². The van der Waals surface area contributed by atoms with Gasteiger partial charge in [0.2, 0.25) is 10.0 Å². The van der Waals surface area contributed by atoms with Gasteiger partial charge in [-0.25, -0.2) is 8.42 Å². The number of ether oxygens (including phenoxy) is 2. The van der Waals surface area contributed by atoms with Gasteiger partial charge in [-0.3, -0.25) is 4.79 Å². The lowest BCUT2D eigenvalue weighted by atomic mass is 9.87. The Balaban J connectivity index is 1.64. The molecule has 7 nitrogen and oxygen atoms in total. The molecule has 0 aliphatic carbocycles. The average Bonchev–Trinajstić information content (AvgIpc) is 2.81. The molecule has 0 aromatic heterocycles. The topological polar surface area (TPSA) is 76.2 Å². The zero-order valence-corrected chi connectivity index (χ0v) is 20.7. The summed E-state index contributed by atoms with van der Waals surface area (Å²) < 4.78 is 38.7. The molecule has 33 heavy (non-hydrogen) atoms. The van der Waals surface area contributed by atoms with Crippen LogP contribution in [0.15, 0.2) is 53.4 Å². The van der Waals surface area contributed by atoms with Gasteiger partial charge in [-0.2, -0.15) is 4.31 Å². The second-order valence-corrected chi connectivity index (χ2v) is 11.0. The monoisotopic (exact) mass is 474 g/mol. The first-order valence-electron chi connectivity index (χ1n) is 11.3. The summed E-state index contributed by atoms with van der Waals surface area (Å²) in [5.41, 5.74) is 1.51. The Bertz CT molecular complexity index is 1040. The summed E-state index contributed by atoms with van der Waals surface area (Å²) in [7, 11) is -3.61. The third kappa shape index (κ3) is 6.13. The van der Waals surface area contributed by atoms with Crippen LogP contribution in [0.25, 0.3) is 0 Å². The van der Waals surface area contributed by atoms with E-state index in [-0.39, 0.29) is 29.3 Å². The van der Waals surface area contributed by atoms with Gasteiger partial charge in [-0.05, 0) is 42.2 Å². The molecule has 1 saturated heterocycles. The molecule has 180 valence electrons. The fourth-order valence-electron chi connectivity index (χ4n) is 3.70. The number of hydrogen-bond donors (Lipinski definition) is 0. The molecular formula is C25H34N2O5S. The van der Waals surface area contributed by atoms with E-state index in [9.17, 15) is 13.2 Å². The summed E-state index contributed by atoms with van der Waals surface area (Å²) in [6.45, 7) is 10.8. The van der Waals surface area contributed by atoms with Crippen molar-refractivity contribution in [2.24, 2.45) is 0 Å². The van der Waals surface area contributed by atoms with Crippen LogP contribution in [0.2, 0.25) is 0 Å². The Kier molecular flexibility index (Phi) is 8.15. The molecule has 0 unspecified atom stereocenters. The third-order valence-electron chi connectivity index (χ3n) is 5.69. The number of piperazine rings is 1. The molecule has 0 saturated carbocycles. The number of benzene rings is 2. The molecule has 8 heteroatoms. The summed E-state index contributed by atoms with van der Waals surface area (Å²) in [5.74, 6) is 0.352. The van der Waals surface area contributed by atoms with Gasteiger partial charge in [0, 0.05) is 32.8 Å². The van der Waals surface area contributed by atoms with Crippen molar-refractivity contribution in [3.63, 3.8) is 0 Å². The van der Waals surface area contributed by atoms with Crippen molar-refractivity contribution in [1.82, 2.24) is 9.21 Å². The smallest absolute Gasteiger partial charge is 0.257 e. The number of carbonyl (C=O) groups is 1. The van der Waals surface area contributed by atoms with Gasteiger partial charge in [0.15, 0.2) is 0 Å². The second-order valence-electron chi connectivity index (χ2n) is 9.01. The minimum atomic E-state index is -3.61. The number of hydrogen-bond acceptors (Lipinski definition) is 5. The fourth-order valence-corrected chi connectivity index (χ4v) is 5.12.